The van der Waals surface area contributed by atoms with Gasteiger partial charge < -0.3 is 4.79 Å². The highest BCUT2D eigenvalue weighted by atomic mass is 35.5. The standard InChI is InChI=1S/C12H24O.2ClH/c1-2-3-4-5-6-7-8-9-10-11-12-13;;/h12H,2-11H2,1H3;2*1H. The second kappa shape index (κ2) is 19.8. The Morgan fingerprint density at radius 3 is 1.53 bits per heavy atom. The lowest BCUT2D eigenvalue weighted by atomic mass is 10.1. The van der Waals surface area contributed by atoms with Crippen LogP contribution in [0.1, 0.15) is 71.1 Å². The third-order valence-corrected chi connectivity index (χ3v) is 2.43. The van der Waals surface area contributed by atoms with Gasteiger partial charge in [0.25, 0.3) is 0 Å². The molecular formula is C12H26Cl2O. The molecule has 94 valence electrons. The van der Waals surface area contributed by atoms with Crippen LogP contribution in [0.3, 0.4) is 0 Å². The minimum atomic E-state index is 0. The van der Waals surface area contributed by atoms with Crippen LogP contribution in [0.2, 0.25) is 0 Å². The van der Waals surface area contributed by atoms with Gasteiger partial charge in [-0.3, -0.25) is 0 Å². The van der Waals surface area contributed by atoms with E-state index in [1.807, 2.05) is 0 Å². The number of unbranched alkanes of at least 4 members (excludes halogenated alkanes) is 9. The Morgan fingerprint density at radius 1 is 0.733 bits per heavy atom. The van der Waals surface area contributed by atoms with Crippen LogP contribution in [0.5, 0.6) is 0 Å². The zero-order chi connectivity index (χ0) is 9.78. The Kier molecular flexibility index (Phi) is 27.2. The highest BCUT2D eigenvalue weighted by molar-refractivity contribution is 5.85. The van der Waals surface area contributed by atoms with E-state index in [4.69, 9.17) is 0 Å². The molecule has 0 N–H and O–H groups in total. The number of hydrogen-bond donors (Lipinski definition) is 0. The minimum absolute atomic E-state index is 0. The van der Waals surface area contributed by atoms with Gasteiger partial charge in [0, 0.05) is 6.42 Å². The lowest BCUT2D eigenvalue weighted by Crippen LogP contribution is -1.81. The molecule has 0 saturated carbocycles. The molecule has 0 aliphatic heterocycles. The fraction of sp³-hybridized carbons (Fsp3) is 0.917. The SMILES string of the molecule is CCCCCCCCCCCC=O.Cl.Cl. The van der Waals surface area contributed by atoms with Crippen molar-refractivity contribution in [1.29, 1.82) is 0 Å². The number of halogens is 2. The summed E-state index contributed by atoms with van der Waals surface area (Å²) in [5.74, 6) is 0. The monoisotopic (exact) mass is 256 g/mol. The number of aldehydes is 1. The molecule has 0 fully saturated rings. The maximum atomic E-state index is 10.0. The van der Waals surface area contributed by atoms with Gasteiger partial charge in [-0.1, -0.05) is 58.3 Å². The lowest BCUT2D eigenvalue weighted by molar-refractivity contribution is -0.107. The number of hydrogen-bond acceptors (Lipinski definition) is 1. The van der Waals surface area contributed by atoms with Crippen molar-refractivity contribution in [2.24, 2.45) is 0 Å². The summed E-state index contributed by atoms with van der Waals surface area (Å²) in [6, 6.07) is 0. The summed E-state index contributed by atoms with van der Waals surface area (Å²) in [4.78, 5) is 10.0. The second-order valence-corrected chi connectivity index (χ2v) is 3.78. The van der Waals surface area contributed by atoms with Gasteiger partial charge in [0.1, 0.15) is 6.29 Å². The number of carbonyl (C=O) groups is 1. The summed E-state index contributed by atoms with van der Waals surface area (Å²) in [6.07, 6.45) is 13.7. The van der Waals surface area contributed by atoms with Crippen LogP contribution in [0, 0.1) is 0 Å². The molecule has 0 heterocycles. The van der Waals surface area contributed by atoms with Crippen LogP contribution in [-0.2, 0) is 4.79 Å². The van der Waals surface area contributed by atoms with E-state index in [2.05, 4.69) is 6.92 Å². The molecule has 15 heavy (non-hydrogen) atoms. The fourth-order valence-corrected chi connectivity index (χ4v) is 1.54. The molecule has 0 atom stereocenters. The summed E-state index contributed by atoms with van der Waals surface area (Å²) >= 11 is 0. The average Bonchev–Trinajstić information content (AvgIpc) is 2.16. The third kappa shape index (κ3) is 20.4. The normalized spacial score (nSPS) is 8.87. The molecule has 0 bridgehead atoms. The van der Waals surface area contributed by atoms with Gasteiger partial charge in [-0.2, -0.15) is 0 Å². The van der Waals surface area contributed by atoms with Gasteiger partial charge in [-0.05, 0) is 6.42 Å². The Bertz CT molecular complexity index is 108. The fourth-order valence-electron chi connectivity index (χ4n) is 1.54. The first kappa shape index (κ1) is 20.6. The van der Waals surface area contributed by atoms with Crippen LogP contribution in [0.4, 0.5) is 0 Å². The summed E-state index contributed by atoms with van der Waals surface area (Å²) in [5.41, 5.74) is 0. The van der Waals surface area contributed by atoms with Crippen molar-refractivity contribution in [2.75, 3.05) is 0 Å². The molecule has 0 amide bonds. The molecule has 3 heteroatoms. The smallest absolute Gasteiger partial charge is 0.119 e. The quantitative estimate of drug-likeness (QED) is 0.399. The van der Waals surface area contributed by atoms with Crippen molar-refractivity contribution >= 4 is 31.1 Å². The second-order valence-electron chi connectivity index (χ2n) is 3.78. The van der Waals surface area contributed by atoms with Crippen molar-refractivity contribution in [3.05, 3.63) is 0 Å². The van der Waals surface area contributed by atoms with E-state index in [9.17, 15) is 4.79 Å². The maximum absolute atomic E-state index is 10.0. The first-order chi connectivity index (χ1) is 6.41. The molecule has 1 nitrogen and oxygen atoms in total. The van der Waals surface area contributed by atoms with Crippen molar-refractivity contribution in [1.82, 2.24) is 0 Å². The summed E-state index contributed by atoms with van der Waals surface area (Å²) in [7, 11) is 0. The molecule has 0 aliphatic carbocycles. The first-order valence-corrected chi connectivity index (χ1v) is 5.85. The Labute approximate surface area is 107 Å². The van der Waals surface area contributed by atoms with E-state index in [0.717, 1.165) is 19.1 Å². The van der Waals surface area contributed by atoms with E-state index < -0.39 is 0 Å². The van der Waals surface area contributed by atoms with Gasteiger partial charge in [0.05, 0.1) is 0 Å². The average molecular weight is 257 g/mol. The van der Waals surface area contributed by atoms with Crippen molar-refractivity contribution in [3.63, 3.8) is 0 Å². The molecule has 0 spiro atoms. The van der Waals surface area contributed by atoms with Gasteiger partial charge in [0.15, 0.2) is 0 Å². The predicted molar refractivity (Wildman–Crippen MR) is 72.4 cm³/mol. The molecule has 0 aromatic heterocycles. The van der Waals surface area contributed by atoms with Gasteiger partial charge >= 0.3 is 0 Å². The highest BCUT2D eigenvalue weighted by Crippen LogP contribution is 2.09. The molecule has 0 rings (SSSR count). The Balaban J connectivity index is -0.000000720. The van der Waals surface area contributed by atoms with Gasteiger partial charge in [0.2, 0.25) is 0 Å². The van der Waals surface area contributed by atoms with Crippen LogP contribution in [-0.4, -0.2) is 6.29 Å². The zero-order valence-corrected chi connectivity index (χ0v) is 11.5. The van der Waals surface area contributed by atoms with Gasteiger partial charge in [-0.15, -0.1) is 24.8 Å². The van der Waals surface area contributed by atoms with Crippen LogP contribution >= 0.6 is 24.8 Å². The summed E-state index contributed by atoms with van der Waals surface area (Å²) < 4.78 is 0. The number of carbonyl (C=O) groups excluding carboxylic acids is 1. The Hall–Kier alpha value is 0.250. The largest absolute Gasteiger partial charge is 0.303 e. The van der Waals surface area contributed by atoms with Crippen molar-refractivity contribution in [3.8, 4) is 0 Å². The third-order valence-electron chi connectivity index (χ3n) is 2.43. The zero-order valence-electron chi connectivity index (χ0n) is 9.87. The number of rotatable bonds is 10. The van der Waals surface area contributed by atoms with Gasteiger partial charge in [-0.25, -0.2) is 0 Å². The summed E-state index contributed by atoms with van der Waals surface area (Å²) in [6.45, 7) is 2.25. The molecule has 0 aromatic carbocycles. The van der Waals surface area contributed by atoms with E-state index in [1.165, 1.54) is 51.4 Å². The molecule has 0 unspecified atom stereocenters. The predicted octanol–water partition coefficient (Wildman–Crippen LogP) is 4.95. The van der Waals surface area contributed by atoms with Crippen LogP contribution in [0.15, 0.2) is 0 Å². The molecule has 0 aromatic rings. The topological polar surface area (TPSA) is 17.1 Å². The molecule has 0 saturated heterocycles. The van der Waals surface area contributed by atoms with E-state index in [1.54, 1.807) is 0 Å². The van der Waals surface area contributed by atoms with E-state index >= 15 is 0 Å². The highest BCUT2D eigenvalue weighted by Gasteiger charge is 1.91. The maximum Gasteiger partial charge on any atom is 0.119 e. The van der Waals surface area contributed by atoms with Crippen LogP contribution < -0.4 is 0 Å². The summed E-state index contributed by atoms with van der Waals surface area (Å²) in [5, 5.41) is 0. The molecular weight excluding hydrogens is 231 g/mol. The van der Waals surface area contributed by atoms with Crippen molar-refractivity contribution in [2.45, 2.75) is 71.1 Å². The molecule has 0 aliphatic rings. The lowest BCUT2D eigenvalue weighted by Gasteiger charge is -1.99. The first-order valence-electron chi connectivity index (χ1n) is 5.85. The van der Waals surface area contributed by atoms with Crippen molar-refractivity contribution < 1.29 is 4.79 Å². The van der Waals surface area contributed by atoms with E-state index in [-0.39, 0.29) is 24.8 Å². The Morgan fingerprint density at radius 2 is 1.13 bits per heavy atom. The molecule has 0 radical (unpaired) electrons. The van der Waals surface area contributed by atoms with E-state index in [0.29, 0.717) is 0 Å². The minimum Gasteiger partial charge on any atom is -0.303 e. The van der Waals surface area contributed by atoms with Crippen LogP contribution in [0.25, 0.3) is 0 Å².